The van der Waals surface area contributed by atoms with Gasteiger partial charge in [-0.3, -0.25) is 4.79 Å². The van der Waals surface area contributed by atoms with Crippen molar-refractivity contribution in [3.63, 3.8) is 0 Å². The van der Waals surface area contributed by atoms with E-state index in [1.165, 1.54) is 6.08 Å². The first-order chi connectivity index (χ1) is 13.0. The third kappa shape index (κ3) is 5.39. The zero-order valence-electron chi connectivity index (χ0n) is 14.1. The molecule has 3 aromatic rings. The van der Waals surface area contributed by atoms with Gasteiger partial charge in [0, 0.05) is 15.1 Å². The van der Waals surface area contributed by atoms with Crippen LogP contribution in [0.4, 0.5) is 0 Å². The van der Waals surface area contributed by atoms with E-state index in [1.54, 1.807) is 66.7 Å². The van der Waals surface area contributed by atoms with Gasteiger partial charge in [-0.25, -0.2) is 4.79 Å². The lowest BCUT2D eigenvalue weighted by atomic mass is 10.1. The summed E-state index contributed by atoms with van der Waals surface area (Å²) in [6.07, 6.45) is 3.21. The highest BCUT2D eigenvalue weighted by atomic mass is 79.9. The van der Waals surface area contributed by atoms with Gasteiger partial charge in [-0.05, 0) is 72.3 Å². The maximum Gasteiger partial charge on any atom is 0.343 e. The largest absolute Gasteiger partial charge is 0.423 e. The molecule has 0 atom stereocenters. The summed E-state index contributed by atoms with van der Waals surface area (Å²) >= 11 is 9.16. The Kier molecular flexibility index (Phi) is 6.22. The molecule has 0 radical (unpaired) electrons. The summed E-state index contributed by atoms with van der Waals surface area (Å²) in [6.45, 7) is 0. The van der Waals surface area contributed by atoms with E-state index in [-0.39, 0.29) is 5.78 Å². The summed E-state index contributed by atoms with van der Waals surface area (Å²) in [5.74, 6) is -0.221. The Bertz CT molecular complexity index is 976. The fraction of sp³-hybridized carbons (Fsp3) is 0. The van der Waals surface area contributed by atoms with Gasteiger partial charge in [0.05, 0.1) is 5.56 Å². The molecule has 0 heterocycles. The summed E-state index contributed by atoms with van der Waals surface area (Å²) in [5.41, 5.74) is 1.83. The van der Waals surface area contributed by atoms with E-state index in [2.05, 4.69) is 15.9 Å². The average molecular weight is 442 g/mol. The second kappa shape index (κ2) is 8.80. The fourth-order valence-electron chi connectivity index (χ4n) is 2.28. The molecule has 0 saturated carbocycles. The van der Waals surface area contributed by atoms with Crippen molar-refractivity contribution in [3.05, 3.63) is 105 Å². The first-order valence-electron chi connectivity index (χ1n) is 8.07. The molecular formula is C22H14BrClO3. The van der Waals surface area contributed by atoms with Crippen LogP contribution < -0.4 is 4.74 Å². The first kappa shape index (κ1) is 19.1. The molecule has 0 spiro atoms. The fourth-order valence-corrected chi connectivity index (χ4v) is 2.67. The number of carbonyl (C=O) groups excluding carboxylic acids is 2. The van der Waals surface area contributed by atoms with Crippen LogP contribution in [0.15, 0.2) is 83.3 Å². The first-order valence-corrected chi connectivity index (χ1v) is 9.24. The normalized spacial score (nSPS) is 10.7. The van der Waals surface area contributed by atoms with Gasteiger partial charge < -0.3 is 4.74 Å². The molecule has 0 aliphatic heterocycles. The smallest absolute Gasteiger partial charge is 0.343 e. The number of allylic oxidation sites excluding steroid dienone is 1. The van der Waals surface area contributed by atoms with Gasteiger partial charge in [0.2, 0.25) is 0 Å². The van der Waals surface area contributed by atoms with Crippen molar-refractivity contribution >= 4 is 45.4 Å². The minimum atomic E-state index is -0.454. The van der Waals surface area contributed by atoms with Crippen molar-refractivity contribution in [2.24, 2.45) is 0 Å². The zero-order valence-corrected chi connectivity index (χ0v) is 16.4. The number of hydrogen-bond acceptors (Lipinski definition) is 3. The second-order valence-corrected chi connectivity index (χ2v) is 7.02. The summed E-state index contributed by atoms with van der Waals surface area (Å²) in [6, 6.07) is 20.5. The molecule has 3 aromatic carbocycles. The summed E-state index contributed by atoms with van der Waals surface area (Å²) in [7, 11) is 0. The number of rotatable bonds is 5. The van der Waals surface area contributed by atoms with Crippen molar-refractivity contribution < 1.29 is 14.3 Å². The summed E-state index contributed by atoms with van der Waals surface area (Å²) in [4.78, 5) is 24.3. The predicted octanol–water partition coefficient (Wildman–Crippen LogP) is 6.22. The highest BCUT2D eigenvalue weighted by molar-refractivity contribution is 9.10. The van der Waals surface area contributed by atoms with Gasteiger partial charge in [0.1, 0.15) is 5.75 Å². The minimum absolute atomic E-state index is 0.143. The number of benzene rings is 3. The molecular weight excluding hydrogens is 428 g/mol. The standard InChI is InChI=1S/C22H14BrClO3/c23-18-8-4-17(5-9-18)22(26)27-20-12-6-16(7-13-20)21(25)14-3-15-1-10-19(24)11-2-15/h1-14H. The molecule has 27 heavy (non-hydrogen) atoms. The molecule has 3 nitrogen and oxygen atoms in total. The molecule has 0 unspecified atom stereocenters. The molecule has 0 fully saturated rings. The van der Waals surface area contributed by atoms with Crippen LogP contribution in [-0.2, 0) is 0 Å². The van der Waals surface area contributed by atoms with E-state index in [4.69, 9.17) is 16.3 Å². The molecule has 0 aromatic heterocycles. The number of ketones is 1. The van der Waals surface area contributed by atoms with Gasteiger partial charge in [-0.1, -0.05) is 45.7 Å². The Hall–Kier alpha value is -2.69. The predicted molar refractivity (Wildman–Crippen MR) is 110 cm³/mol. The van der Waals surface area contributed by atoms with Gasteiger partial charge in [-0.15, -0.1) is 0 Å². The minimum Gasteiger partial charge on any atom is -0.423 e. The highest BCUT2D eigenvalue weighted by Gasteiger charge is 2.09. The molecule has 0 N–H and O–H groups in total. The molecule has 5 heteroatoms. The topological polar surface area (TPSA) is 43.4 Å². The number of halogens is 2. The van der Waals surface area contributed by atoms with E-state index < -0.39 is 5.97 Å². The van der Waals surface area contributed by atoms with Crippen LogP contribution in [0.2, 0.25) is 5.02 Å². The maximum absolute atomic E-state index is 12.2. The molecule has 3 rings (SSSR count). The number of hydrogen-bond donors (Lipinski definition) is 0. The van der Waals surface area contributed by atoms with Crippen LogP contribution in [0.25, 0.3) is 6.08 Å². The van der Waals surface area contributed by atoms with Crippen LogP contribution in [0.5, 0.6) is 5.75 Å². The van der Waals surface area contributed by atoms with Crippen molar-refractivity contribution in [3.8, 4) is 5.75 Å². The van der Waals surface area contributed by atoms with Crippen molar-refractivity contribution in [2.45, 2.75) is 0 Å². The number of ether oxygens (including phenoxy) is 1. The molecule has 0 amide bonds. The molecule has 134 valence electrons. The van der Waals surface area contributed by atoms with E-state index in [0.29, 0.717) is 21.9 Å². The van der Waals surface area contributed by atoms with Gasteiger partial charge >= 0.3 is 5.97 Å². The third-order valence-electron chi connectivity index (χ3n) is 3.73. The number of esters is 1. The Morgan fingerprint density at radius 3 is 2.04 bits per heavy atom. The molecule has 0 saturated heterocycles. The van der Waals surface area contributed by atoms with E-state index in [9.17, 15) is 9.59 Å². The van der Waals surface area contributed by atoms with E-state index in [1.807, 2.05) is 12.1 Å². The Balaban J connectivity index is 1.64. The van der Waals surface area contributed by atoms with Crippen LogP contribution >= 0.6 is 27.5 Å². The van der Waals surface area contributed by atoms with Gasteiger partial charge in [0.15, 0.2) is 5.78 Å². The molecule has 0 aliphatic rings. The highest BCUT2D eigenvalue weighted by Crippen LogP contribution is 2.17. The Labute approximate surface area is 170 Å². The van der Waals surface area contributed by atoms with E-state index in [0.717, 1.165) is 10.0 Å². The molecule has 0 aliphatic carbocycles. The monoisotopic (exact) mass is 440 g/mol. The molecule has 0 bridgehead atoms. The zero-order chi connectivity index (χ0) is 19.2. The third-order valence-corrected chi connectivity index (χ3v) is 4.51. The number of carbonyl (C=O) groups is 2. The Morgan fingerprint density at radius 2 is 1.41 bits per heavy atom. The van der Waals surface area contributed by atoms with Crippen molar-refractivity contribution in [1.29, 1.82) is 0 Å². The van der Waals surface area contributed by atoms with E-state index >= 15 is 0 Å². The van der Waals surface area contributed by atoms with Crippen molar-refractivity contribution in [1.82, 2.24) is 0 Å². The lowest BCUT2D eigenvalue weighted by Crippen LogP contribution is -2.08. The van der Waals surface area contributed by atoms with Crippen LogP contribution in [0.3, 0.4) is 0 Å². The summed E-state index contributed by atoms with van der Waals surface area (Å²) < 4.78 is 6.20. The van der Waals surface area contributed by atoms with Crippen LogP contribution in [0, 0.1) is 0 Å². The van der Waals surface area contributed by atoms with Crippen LogP contribution in [-0.4, -0.2) is 11.8 Å². The van der Waals surface area contributed by atoms with Crippen LogP contribution in [0.1, 0.15) is 26.3 Å². The maximum atomic E-state index is 12.2. The quantitative estimate of drug-likeness (QED) is 0.204. The lowest BCUT2D eigenvalue weighted by Gasteiger charge is -2.05. The lowest BCUT2D eigenvalue weighted by molar-refractivity contribution is 0.0734. The van der Waals surface area contributed by atoms with Gasteiger partial charge in [-0.2, -0.15) is 0 Å². The average Bonchev–Trinajstić information content (AvgIpc) is 2.68. The SMILES string of the molecule is O=C(C=Cc1ccc(Cl)cc1)c1ccc(OC(=O)c2ccc(Br)cc2)cc1. The Morgan fingerprint density at radius 1 is 0.815 bits per heavy atom. The van der Waals surface area contributed by atoms with Crippen molar-refractivity contribution in [2.75, 3.05) is 0 Å². The summed E-state index contributed by atoms with van der Waals surface area (Å²) in [5, 5.41) is 0.645. The second-order valence-electron chi connectivity index (χ2n) is 5.67. The van der Waals surface area contributed by atoms with Gasteiger partial charge in [0.25, 0.3) is 0 Å².